The summed E-state index contributed by atoms with van der Waals surface area (Å²) in [5.74, 6) is -15.2. The molecule has 39 heteroatoms. The number of benzene rings is 6. The lowest BCUT2D eigenvalue weighted by molar-refractivity contribution is -0.142. The van der Waals surface area contributed by atoms with Gasteiger partial charge < -0.3 is 99.8 Å². The van der Waals surface area contributed by atoms with Crippen molar-refractivity contribution in [3.05, 3.63) is 190 Å². The molecule has 0 aliphatic carbocycles. The van der Waals surface area contributed by atoms with Crippen LogP contribution in [0.5, 0.6) is 0 Å². The Morgan fingerprint density at radius 3 is 1.37 bits per heavy atom. The topological polar surface area (TPSA) is 576 Å². The van der Waals surface area contributed by atoms with Crippen LogP contribution in [0.4, 0.5) is 0 Å². The van der Waals surface area contributed by atoms with Gasteiger partial charge in [0.25, 0.3) is 0 Å². The maximum Gasteiger partial charge on any atom is 0.304 e. The average Bonchev–Trinajstić information content (AvgIpc) is 1.80. The van der Waals surface area contributed by atoms with Gasteiger partial charge in [-0.1, -0.05) is 159 Å². The summed E-state index contributed by atoms with van der Waals surface area (Å²) in [7, 11) is 0. The van der Waals surface area contributed by atoms with E-state index >= 15 is 33.6 Å². The standard InChI is InChI=1S/C92H120ClN17O21/c1-56(2)45-69(83(122)100-68(15-9-35-97-92(95)96)91(130)110-36-10-16-76(110)90(129)98-57(3)82(94)121)101-85(124)72(48-59-19-23-63(24-20-59)53-109-41-43-131-44-42-109)104-87(126)74(49-60-17-21-62(22-18-60)52-107(37-31-78(113)114)38-32-79(115)116)105-89(128)75(55-111)106-88(127)71(47-58-11-5-4-6-12-58)103-86(125)73(50-61-26-29-67(93)30-27-61)102-84(123)70(51-64-25-28-65-13-7-8-14-66(65)46-64)99-77(112)54-108(39-33-80(117)118)40-34-81(119)120/h4-8,11-14,17-30,46,56-57,68-76,111H,9-10,15-16,31-45,47-55H2,1-3H3,(H2,94,121)(H,98,129)(H,99,112)(H,100,122)(H,101,124)(H,102,123)(H,103,125)(H,104,126)(H,105,128)(H,106,127)(H,113,114)(H,115,116)(H,117,118)(H,119,120)(H4,95,96,97)/t57-,68+,69+,70-,71-,72-,73-,74+,75+,76+/m1/s1. The van der Waals surface area contributed by atoms with Crippen molar-refractivity contribution in [1.29, 1.82) is 5.41 Å². The second-order valence-electron chi connectivity index (χ2n) is 33.1. The number of carbonyl (C=O) groups is 15. The lowest BCUT2D eigenvalue weighted by Crippen LogP contribution is -2.62. The molecule has 0 bridgehead atoms. The molecule has 2 saturated heterocycles. The fraction of sp³-hybridized carbons (Fsp3) is 0.457. The number of aliphatic hydroxyl groups is 1. The molecule has 0 saturated carbocycles. The summed E-state index contributed by atoms with van der Waals surface area (Å²) in [6, 6.07) is 26.0. The number of carboxylic acids is 4. The number of nitrogens with two attached hydrogens (primary N) is 2. The molecule has 6 aromatic carbocycles. The Balaban J connectivity index is 1.13. The zero-order valence-corrected chi connectivity index (χ0v) is 74.4. The van der Waals surface area contributed by atoms with Crippen LogP contribution in [-0.4, -0.2) is 279 Å². The Morgan fingerprint density at radius 2 is 0.885 bits per heavy atom. The summed E-state index contributed by atoms with van der Waals surface area (Å²) in [5.41, 5.74) is 14.9. The quantitative estimate of drug-likeness (QED) is 0.0144. The zero-order chi connectivity index (χ0) is 95.2. The second kappa shape index (κ2) is 52.6. The van der Waals surface area contributed by atoms with Crippen LogP contribution < -0.4 is 64.6 Å². The minimum absolute atomic E-state index is 0.0121. The molecule has 38 nitrogen and oxygen atoms in total. The largest absolute Gasteiger partial charge is 0.481 e. The van der Waals surface area contributed by atoms with Gasteiger partial charge in [0.2, 0.25) is 65.0 Å². The first-order valence-corrected chi connectivity index (χ1v) is 44.0. The van der Waals surface area contributed by atoms with E-state index in [9.17, 15) is 63.9 Å². The molecular formula is C92H120ClN17O21. The number of aliphatic hydroxyl groups excluding tert-OH is 1. The fourth-order valence-corrected chi connectivity index (χ4v) is 15.3. The molecule has 8 rings (SSSR count). The first-order valence-electron chi connectivity index (χ1n) is 43.6. The number of primary amides is 1. The van der Waals surface area contributed by atoms with Crippen molar-refractivity contribution >= 4 is 117 Å². The van der Waals surface area contributed by atoms with Crippen LogP contribution in [0.3, 0.4) is 0 Å². The number of carboxylic acid groups (broad SMARTS) is 4. The van der Waals surface area contributed by atoms with Gasteiger partial charge in [0.15, 0.2) is 5.96 Å². The van der Waals surface area contributed by atoms with E-state index < -0.39 is 182 Å². The second-order valence-corrected chi connectivity index (χ2v) is 33.6. The van der Waals surface area contributed by atoms with Crippen molar-refractivity contribution in [2.75, 3.05) is 78.7 Å². The monoisotopic (exact) mass is 1830 g/mol. The summed E-state index contributed by atoms with van der Waals surface area (Å²) >= 11 is 6.33. The van der Waals surface area contributed by atoms with Crippen LogP contribution in [-0.2, 0) is 122 Å². The van der Waals surface area contributed by atoms with Crippen LogP contribution >= 0.6 is 11.6 Å². The van der Waals surface area contributed by atoms with Gasteiger partial charge in [-0.3, -0.25) is 92.0 Å². The molecule has 0 aromatic heterocycles. The number of morpholine rings is 1. The molecule has 2 aliphatic rings. The van der Waals surface area contributed by atoms with Gasteiger partial charge in [-0.05, 0) is 107 Å². The number of hydrogen-bond acceptors (Lipinski definition) is 21. The number of likely N-dealkylation sites (tertiary alicyclic amines) is 1. The molecule has 2 aliphatic heterocycles. The lowest BCUT2D eigenvalue weighted by Gasteiger charge is -2.31. The minimum Gasteiger partial charge on any atom is -0.481 e. The van der Waals surface area contributed by atoms with Crippen LogP contribution in [0.2, 0.25) is 5.02 Å². The van der Waals surface area contributed by atoms with Gasteiger partial charge in [-0.25, -0.2) is 0 Å². The van der Waals surface area contributed by atoms with E-state index in [1.807, 2.05) is 42.5 Å². The normalized spacial score (nSPS) is 15.3. The highest BCUT2D eigenvalue weighted by Gasteiger charge is 2.41. The lowest BCUT2D eigenvalue weighted by atomic mass is 9.99. The number of halogens is 1. The summed E-state index contributed by atoms with van der Waals surface area (Å²) < 4.78 is 5.56. The molecule has 6 aromatic rings. The van der Waals surface area contributed by atoms with E-state index in [1.54, 1.807) is 122 Å². The van der Waals surface area contributed by atoms with E-state index in [2.05, 4.69) is 58.1 Å². The summed E-state index contributed by atoms with van der Waals surface area (Å²) in [6.45, 7) is 6.00. The number of amides is 11. The average molecular weight is 1840 g/mol. The third-order valence-corrected chi connectivity index (χ3v) is 22.5. The van der Waals surface area contributed by atoms with Crippen molar-refractivity contribution in [3.63, 3.8) is 0 Å². The molecular weight excluding hydrogens is 1710 g/mol. The maximum atomic E-state index is 15.7. The molecule has 0 radical (unpaired) electrons. The molecule has 0 spiro atoms. The zero-order valence-electron chi connectivity index (χ0n) is 73.6. The number of rotatable bonds is 54. The maximum absolute atomic E-state index is 15.7. The summed E-state index contributed by atoms with van der Waals surface area (Å²) in [6.07, 6.45) is -2.29. The van der Waals surface area contributed by atoms with Gasteiger partial charge in [0.05, 0.1) is 52.0 Å². The number of nitrogens with one attached hydrogen (secondary N) is 11. The Kier molecular flexibility index (Phi) is 41.5. The van der Waals surface area contributed by atoms with Gasteiger partial charge >= 0.3 is 23.9 Å². The molecule has 706 valence electrons. The van der Waals surface area contributed by atoms with Gasteiger partial charge in [0, 0.05) is 103 Å². The smallest absolute Gasteiger partial charge is 0.304 e. The molecule has 131 heavy (non-hydrogen) atoms. The van der Waals surface area contributed by atoms with E-state index in [-0.39, 0.29) is 122 Å². The number of aliphatic carboxylic acids is 4. The van der Waals surface area contributed by atoms with Gasteiger partial charge in [0.1, 0.15) is 60.4 Å². The molecule has 2 fully saturated rings. The van der Waals surface area contributed by atoms with Gasteiger partial charge in [-0.2, -0.15) is 0 Å². The van der Waals surface area contributed by atoms with Crippen LogP contribution in [0.15, 0.2) is 146 Å². The van der Waals surface area contributed by atoms with E-state index in [0.29, 0.717) is 77.7 Å². The van der Waals surface area contributed by atoms with Crippen LogP contribution in [0.25, 0.3) is 10.8 Å². The predicted molar refractivity (Wildman–Crippen MR) is 483 cm³/mol. The first kappa shape index (κ1) is 103. The highest BCUT2D eigenvalue weighted by molar-refractivity contribution is 6.30. The molecule has 10 atom stereocenters. The Morgan fingerprint density at radius 1 is 0.473 bits per heavy atom. The SMILES string of the molecule is CC(C)C[C@H](NC(=O)[C@@H](Cc1ccc(CN2CCOCC2)cc1)NC(=O)[C@H](Cc1ccc(CN(CCC(=O)O)CCC(=O)O)cc1)NC(=O)[C@H](CO)NC(=O)[C@@H](Cc1ccccc1)NC(=O)[C@@H](Cc1ccc(Cl)cc1)NC(=O)[C@@H](Cc1ccc2ccccc2c1)NC(=O)CN(CCC(=O)O)CCC(=O)O)C(=O)N[C@@H](CCCNC(=N)N)C(=O)N1CCC[C@H]1C(=O)N[C@H](C)C(N)=O. The van der Waals surface area contributed by atoms with Crippen LogP contribution in [0, 0.1) is 11.3 Å². The van der Waals surface area contributed by atoms with Crippen molar-refractivity contribution in [2.45, 2.75) is 184 Å². The predicted octanol–water partition coefficient (Wildman–Crippen LogP) is 1.00. The first-order chi connectivity index (χ1) is 62.5. The molecule has 11 amide bonds. The van der Waals surface area contributed by atoms with Crippen molar-refractivity contribution in [2.24, 2.45) is 17.4 Å². The number of hydrogen-bond donors (Lipinski definition) is 18. The summed E-state index contributed by atoms with van der Waals surface area (Å²) in [5, 5.41) is 86.3. The fourth-order valence-electron chi connectivity index (χ4n) is 15.1. The van der Waals surface area contributed by atoms with Crippen molar-refractivity contribution in [3.8, 4) is 0 Å². The number of nitrogens with zero attached hydrogens (tertiary/aromatic N) is 4. The van der Waals surface area contributed by atoms with E-state index in [4.69, 9.17) is 33.2 Å². The molecule has 2 heterocycles. The minimum atomic E-state index is -1.95. The van der Waals surface area contributed by atoms with Crippen molar-refractivity contribution in [1.82, 2.24) is 72.8 Å². The third kappa shape index (κ3) is 35.8. The highest BCUT2D eigenvalue weighted by Crippen LogP contribution is 2.24. The number of carbonyl (C=O) groups excluding carboxylic acids is 11. The number of ether oxygens (including phenoxy) is 1. The van der Waals surface area contributed by atoms with Crippen LogP contribution in [0.1, 0.15) is 118 Å². The van der Waals surface area contributed by atoms with E-state index in [0.717, 1.165) is 16.3 Å². The van der Waals surface area contributed by atoms with E-state index in [1.165, 1.54) is 16.7 Å². The third-order valence-electron chi connectivity index (χ3n) is 22.2. The Labute approximate surface area is 763 Å². The van der Waals surface area contributed by atoms with Crippen molar-refractivity contribution < 1.29 is 102 Å². The molecule has 20 N–H and O–H groups in total. The Bertz CT molecular complexity index is 4880. The number of guanidine groups is 1. The number of fused-ring (bicyclic) bond motifs is 1. The van der Waals surface area contributed by atoms with Gasteiger partial charge in [-0.15, -0.1) is 0 Å². The highest BCUT2D eigenvalue weighted by atomic mass is 35.5. The summed E-state index contributed by atoms with van der Waals surface area (Å²) in [4.78, 5) is 215. The molecule has 0 unspecified atom stereocenters. The Hall–Kier alpha value is -13.0.